The van der Waals surface area contributed by atoms with E-state index in [1.54, 1.807) is 4.90 Å². The monoisotopic (exact) mass is 516 g/mol. The van der Waals surface area contributed by atoms with E-state index in [4.69, 9.17) is 9.47 Å². The van der Waals surface area contributed by atoms with E-state index < -0.39 is 24.2 Å². The Labute approximate surface area is 218 Å². The number of ketones is 1. The lowest BCUT2D eigenvalue weighted by Crippen LogP contribution is -2.74. The van der Waals surface area contributed by atoms with Gasteiger partial charge in [0.1, 0.15) is 6.17 Å². The van der Waals surface area contributed by atoms with Gasteiger partial charge in [-0.3, -0.25) is 9.59 Å². The van der Waals surface area contributed by atoms with Crippen LogP contribution >= 0.6 is 0 Å². The maximum absolute atomic E-state index is 15.9. The molecule has 0 aromatic heterocycles. The Bertz CT molecular complexity index is 935. The van der Waals surface area contributed by atoms with E-state index >= 15 is 4.39 Å². The molecular formula is C28H41FN4O4. The number of nitrogens with zero attached hydrogens (tertiary/aromatic N) is 2. The normalized spacial score (nSPS) is 45.5. The predicted octanol–water partition coefficient (Wildman–Crippen LogP) is 1.40. The van der Waals surface area contributed by atoms with Crippen molar-refractivity contribution >= 4 is 11.7 Å². The summed E-state index contributed by atoms with van der Waals surface area (Å²) in [7, 11) is 0. The molecule has 0 spiro atoms. The molecule has 0 radical (unpaired) electrons. The molecule has 4 heterocycles. The zero-order valence-electron chi connectivity index (χ0n) is 21.7. The third-order valence-corrected chi connectivity index (χ3v) is 10.5. The van der Waals surface area contributed by atoms with E-state index in [1.165, 1.54) is 25.7 Å². The first-order valence-electron chi connectivity index (χ1n) is 14.8. The molecule has 3 saturated heterocycles. The number of amides is 1. The van der Waals surface area contributed by atoms with Crippen LogP contribution in [0, 0.1) is 17.8 Å². The first-order valence-corrected chi connectivity index (χ1v) is 14.8. The van der Waals surface area contributed by atoms with Crippen LogP contribution in [0.1, 0.15) is 51.4 Å². The van der Waals surface area contributed by atoms with Gasteiger partial charge in [0, 0.05) is 37.8 Å². The highest BCUT2D eigenvalue weighted by atomic mass is 19.1. The highest BCUT2D eigenvalue weighted by Crippen LogP contribution is 2.50. The molecule has 10 atom stereocenters. The van der Waals surface area contributed by atoms with Crippen molar-refractivity contribution in [3.63, 3.8) is 0 Å². The number of morpholine rings is 2. The molecule has 8 nitrogen and oxygen atoms in total. The van der Waals surface area contributed by atoms with Crippen molar-refractivity contribution in [3.8, 4) is 0 Å². The van der Waals surface area contributed by atoms with Crippen LogP contribution in [0.15, 0.2) is 11.8 Å². The van der Waals surface area contributed by atoms with Crippen LogP contribution in [0.25, 0.3) is 0 Å². The number of rotatable bonds is 3. The highest BCUT2D eigenvalue weighted by molar-refractivity contribution is 6.20. The third-order valence-electron chi connectivity index (χ3n) is 10.5. The van der Waals surface area contributed by atoms with Crippen molar-refractivity contribution in [3.05, 3.63) is 11.8 Å². The van der Waals surface area contributed by atoms with Crippen LogP contribution in [0.4, 0.5) is 4.39 Å². The number of fused-ring (bicyclic) bond motifs is 3. The number of hydrogen-bond acceptors (Lipinski definition) is 7. The van der Waals surface area contributed by atoms with Gasteiger partial charge in [0.25, 0.3) is 5.91 Å². The number of carbonyl (C=O) groups excluding carboxylic acids is 2. The van der Waals surface area contributed by atoms with Gasteiger partial charge in [-0.1, -0.05) is 25.7 Å². The molecule has 9 heteroatoms. The quantitative estimate of drug-likeness (QED) is 0.549. The number of alkyl halides is 1. The van der Waals surface area contributed by atoms with E-state index in [0.29, 0.717) is 38.1 Å². The minimum Gasteiger partial charge on any atom is -0.378 e. The average molecular weight is 517 g/mol. The fraction of sp³-hybridized carbons (Fsp3) is 0.857. The Morgan fingerprint density at radius 3 is 2.62 bits per heavy atom. The van der Waals surface area contributed by atoms with E-state index in [0.717, 1.165) is 32.4 Å². The summed E-state index contributed by atoms with van der Waals surface area (Å²) in [5.41, 5.74) is 0.243. The number of Topliss-reactive ketones (excluding diaryl/α,β-unsaturated/α-hetero) is 1. The Morgan fingerprint density at radius 2 is 1.86 bits per heavy atom. The van der Waals surface area contributed by atoms with Gasteiger partial charge in [-0.2, -0.15) is 0 Å². The van der Waals surface area contributed by atoms with Gasteiger partial charge in [0.15, 0.2) is 5.78 Å². The molecule has 7 aliphatic rings. The third kappa shape index (κ3) is 4.24. The molecule has 4 aliphatic heterocycles. The van der Waals surface area contributed by atoms with Crippen molar-refractivity contribution in [2.75, 3.05) is 39.4 Å². The topological polar surface area (TPSA) is 83.1 Å². The molecular weight excluding hydrogens is 475 g/mol. The fourth-order valence-electron chi connectivity index (χ4n) is 8.65. The molecule has 1 amide bonds. The predicted molar refractivity (Wildman–Crippen MR) is 134 cm³/mol. The summed E-state index contributed by atoms with van der Waals surface area (Å²) in [6.07, 6.45) is 8.57. The molecule has 10 unspecified atom stereocenters. The molecule has 0 aromatic rings. The van der Waals surface area contributed by atoms with E-state index in [1.807, 2.05) is 6.20 Å². The maximum atomic E-state index is 15.9. The van der Waals surface area contributed by atoms with E-state index in [2.05, 4.69) is 15.5 Å². The molecule has 7 rings (SSSR count). The zero-order valence-corrected chi connectivity index (χ0v) is 21.7. The Balaban J connectivity index is 1.24. The van der Waals surface area contributed by atoms with Gasteiger partial charge in [-0.25, -0.2) is 4.39 Å². The lowest BCUT2D eigenvalue weighted by Gasteiger charge is -2.61. The highest BCUT2D eigenvalue weighted by Gasteiger charge is 2.60. The second-order valence-electron chi connectivity index (χ2n) is 12.5. The van der Waals surface area contributed by atoms with Crippen LogP contribution in [-0.4, -0.2) is 103 Å². The standard InChI is InChI=1S/C28H41FN4O4/c29-21-13-19-25-27(24(21)31-18-5-6-30-14-18)37-23-12-17-4-2-1-3-16(17)11-22(23)33(25)15-20(26(19)34)28(35)32-7-9-36-10-8-32/h15-19,21-25,27,30-31H,1-14H2. The zero-order chi connectivity index (χ0) is 25.1. The molecule has 3 saturated carbocycles. The van der Waals surface area contributed by atoms with Gasteiger partial charge in [0.05, 0.1) is 49.1 Å². The first-order chi connectivity index (χ1) is 18.1. The molecule has 0 aromatic carbocycles. The number of ether oxygens (including phenoxy) is 2. The van der Waals surface area contributed by atoms with Crippen molar-refractivity contribution in [1.82, 2.24) is 20.4 Å². The second kappa shape index (κ2) is 9.88. The van der Waals surface area contributed by atoms with Crippen LogP contribution in [0.3, 0.4) is 0 Å². The largest absolute Gasteiger partial charge is 0.378 e. The average Bonchev–Trinajstić information content (AvgIpc) is 3.44. The fourth-order valence-corrected chi connectivity index (χ4v) is 8.65. The Hall–Kier alpha value is -1.55. The number of nitrogens with one attached hydrogen (secondary N) is 2. The minimum absolute atomic E-state index is 0.0155. The minimum atomic E-state index is -1.18. The molecule has 2 N–H and O–H groups in total. The summed E-state index contributed by atoms with van der Waals surface area (Å²) in [6, 6.07) is -0.282. The van der Waals surface area contributed by atoms with Crippen molar-refractivity contribution in [2.24, 2.45) is 17.8 Å². The summed E-state index contributed by atoms with van der Waals surface area (Å²) in [5, 5.41) is 6.97. The SMILES string of the molecule is O=C1C(C(=O)N2CCOCC2)=CN2C3CC4CCCCC4CC3OC3C(NC4CCNC4)C(F)CC1C32. The van der Waals surface area contributed by atoms with Gasteiger partial charge >= 0.3 is 0 Å². The molecule has 6 fully saturated rings. The Kier molecular flexibility index (Phi) is 6.54. The summed E-state index contributed by atoms with van der Waals surface area (Å²) in [6.45, 7) is 3.73. The van der Waals surface area contributed by atoms with Crippen LogP contribution in [0.2, 0.25) is 0 Å². The molecule has 204 valence electrons. The second-order valence-corrected chi connectivity index (χ2v) is 12.5. The smallest absolute Gasteiger partial charge is 0.259 e. The van der Waals surface area contributed by atoms with Gasteiger partial charge < -0.3 is 29.9 Å². The number of halogens is 1. The molecule has 0 bridgehead atoms. The van der Waals surface area contributed by atoms with Crippen LogP contribution < -0.4 is 10.6 Å². The van der Waals surface area contributed by atoms with Crippen LogP contribution in [-0.2, 0) is 19.1 Å². The van der Waals surface area contributed by atoms with Crippen LogP contribution in [0.5, 0.6) is 0 Å². The lowest BCUT2D eigenvalue weighted by molar-refractivity contribution is -0.209. The van der Waals surface area contributed by atoms with E-state index in [-0.39, 0.29) is 47.9 Å². The maximum Gasteiger partial charge on any atom is 0.259 e. The summed E-state index contributed by atoms with van der Waals surface area (Å²) < 4.78 is 28.3. The van der Waals surface area contributed by atoms with Crippen molar-refractivity contribution < 1.29 is 23.5 Å². The summed E-state index contributed by atoms with van der Waals surface area (Å²) in [5.74, 6) is 0.386. The van der Waals surface area contributed by atoms with Crippen molar-refractivity contribution in [1.29, 1.82) is 0 Å². The lowest BCUT2D eigenvalue weighted by atomic mass is 9.65. The molecule has 37 heavy (non-hydrogen) atoms. The number of carbonyl (C=O) groups is 2. The first kappa shape index (κ1) is 24.5. The van der Waals surface area contributed by atoms with E-state index in [9.17, 15) is 9.59 Å². The summed E-state index contributed by atoms with van der Waals surface area (Å²) >= 11 is 0. The van der Waals surface area contributed by atoms with Crippen molar-refractivity contribution in [2.45, 2.75) is 93.9 Å². The molecule has 3 aliphatic carbocycles. The van der Waals surface area contributed by atoms with Gasteiger partial charge in [-0.05, 0) is 44.1 Å². The Morgan fingerprint density at radius 1 is 1.08 bits per heavy atom. The number of hydrogen-bond donors (Lipinski definition) is 2. The van der Waals surface area contributed by atoms with Gasteiger partial charge in [0.2, 0.25) is 0 Å². The summed E-state index contributed by atoms with van der Waals surface area (Å²) in [4.78, 5) is 31.5. The van der Waals surface area contributed by atoms with Gasteiger partial charge in [-0.15, -0.1) is 0 Å².